The van der Waals surface area contributed by atoms with Crippen molar-refractivity contribution in [1.82, 2.24) is 4.90 Å². The Morgan fingerprint density at radius 1 is 1.35 bits per heavy atom. The molecule has 0 heterocycles. The van der Waals surface area contributed by atoms with Gasteiger partial charge in [0.25, 0.3) is 5.91 Å². The number of carbonyl (C=O) groups excluding carboxylic acids is 1. The summed E-state index contributed by atoms with van der Waals surface area (Å²) in [6.07, 6.45) is 0. The van der Waals surface area contributed by atoms with Gasteiger partial charge < -0.3 is 10.0 Å². The summed E-state index contributed by atoms with van der Waals surface area (Å²) in [4.78, 5) is 23.2. The van der Waals surface area contributed by atoms with Crippen molar-refractivity contribution >= 4 is 11.9 Å². The van der Waals surface area contributed by atoms with Crippen molar-refractivity contribution in [1.29, 1.82) is 0 Å². The molecule has 0 aromatic heterocycles. The van der Waals surface area contributed by atoms with Crippen LogP contribution in [0.25, 0.3) is 0 Å². The van der Waals surface area contributed by atoms with Gasteiger partial charge in [0.2, 0.25) is 0 Å². The molecule has 1 atom stereocenters. The first-order chi connectivity index (χ1) is 7.86. The predicted octanol–water partition coefficient (Wildman–Crippen LogP) is 1.51. The lowest BCUT2D eigenvalue weighted by atomic mass is 10.1. The minimum absolute atomic E-state index is 0.486. The number of carboxylic acids is 1. The summed E-state index contributed by atoms with van der Waals surface area (Å²) in [5.41, 5.74) is -0.486. The van der Waals surface area contributed by atoms with Crippen LogP contribution >= 0.6 is 0 Å². The highest BCUT2D eigenvalue weighted by Crippen LogP contribution is 2.14. The van der Waals surface area contributed by atoms with Gasteiger partial charge in [-0.25, -0.2) is 13.6 Å². The van der Waals surface area contributed by atoms with Crippen molar-refractivity contribution in [3.63, 3.8) is 0 Å². The zero-order chi connectivity index (χ0) is 13.2. The Hall–Kier alpha value is -1.98. The molecule has 1 amide bonds. The molecule has 17 heavy (non-hydrogen) atoms. The van der Waals surface area contributed by atoms with E-state index in [9.17, 15) is 18.4 Å². The summed E-state index contributed by atoms with van der Waals surface area (Å²) in [6, 6.07) is 2.05. The molecule has 1 aromatic rings. The van der Waals surface area contributed by atoms with Gasteiger partial charge in [-0.15, -0.1) is 0 Å². The molecule has 0 bridgehead atoms. The highest BCUT2D eigenvalue weighted by molar-refractivity contribution is 5.96. The van der Waals surface area contributed by atoms with Crippen LogP contribution in [0.3, 0.4) is 0 Å². The Balaban J connectivity index is 3.05. The number of aliphatic carboxylic acids is 1. The second kappa shape index (κ2) is 4.90. The summed E-state index contributed by atoms with van der Waals surface area (Å²) in [5, 5.41) is 8.71. The van der Waals surface area contributed by atoms with Crippen molar-refractivity contribution in [3.05, 3.63) is 35.4 Å². The second-order valence-electron chi connectivity index (χ2n) is 3.53. The zero-order valence-corrected chi connectivity index (χ0v) is 9.28. The van der Waals surface area contributed by atoms with E-state index in [1.165, 1.54) is 20.0 Å². The first kappa shape index (κ1) is 13.1. The number of carboxylic acid groups (broad SMARTS) is 1. The molecule has 0 saturated heterocycles. The minimum Gasteiger partial charge on any atom is -0.480 e. The van der Waals surface area contributed by atoms with Crippen LogP contribution in [0.2, 0.25) is 0 Å². The summed E-state index contributed by atoms with van der Waals surface area (Å²) in [5.74, 6) is -4.52. The Kier molecular flexibility index (Phi) is 3.77. The van der Waals surface area contributed by atoms with E-state index in [1.807, 2.05) is 0 Å². The molecule has 0 spiro atoms. The van der Waals surface area contributed by atoms with Crippen molar-refractivity contribution in [2.45, 2.75) is 13.0 Å². The van der Waals surface area contributed by atoms with Gasteiger partial charge in [0.05, 0.1) is 5.56 Å². The normalized spacial score (nSPS) is 12.0. The number of amides is 1. The van der Waals surface area contributed by atoms with Crippen molar-refractivity contribution < 1.29 is 23.5 Å². The van der Waals surface area contributed by atoms with E-state index in [-0.39, 0.29) is 0 Å². The van der Waals surface area contributed by atoms with Crippen LogP contribution in [0.5, 0.6) is 0 Å². The van der Waals surface area contributed by atoms with Gasteiger partial charge in [0.1, 0.15) is 6.04 Å². The smallest absolute Gasteiger partial charge is 0.326 e. The number of hydrogen-bond donors (Lipinski definition) is 1. The van der Waals surface area contributed by atoms with E-state index in [0.717, 1.165) is 17.0 Å². The van der Waals surface area contributed by atoms with Gasteiger partial charge in [-0.3, -0.25) is 4.79 Å². The second-order valence-corrected chi connectivity index (χ2v) is 3.53. The molecular formula is C11H11F2NO3. The molecule has 0 aliphatic carbocycles. The summed E-state index contributed by atoms with van der Waals surface area (Å²) in [6.45, 7) is 1.28. The third kappa shape index (κ3) is 2.58. The van der Waals surface area contributed by atoms with E-state index in [1.54, 1.807) is 0 Å². The van der Waals surface area contributed by atoms with Crippen LogP contribution in [0.4, 0.5) is 8.78 Å². The Bertz CT molecular complexity index is 462. The van der Waals surface area contributed by atoms with Gasteiger partial charge >= 0.3 is 5.97 Å². The van der Waals surface area contributed by atoms with Gasteiger partial charge in [-0.05, 0) is 19.1 Å². The highest BCUT2D eigenvalue weighted by Gasteiger charge is 2.25. The largest absolute Gasteiger partial charge is 0.480 e. The molecule has 1 rings (SSSR count). The zero-order valence-electron chi connectivity index (χ0n) is 9.28. The number of hydrogen-bond acceptors (Lipinski definition) is 2. The van der Waals surface area contributed by atoms with E-state index >= 15 is 0 Å². The molecule has 0 radical (unpaired) electrons. The Morgan fingerprint density at radius 3 is 2.47 bits per heavy atom. The fraction of sp³-hybridized carbons (Fsp3) is 0.273. The fourth-order valence-electron chi connectivity index (χ4n) is 1.20. The molecule has 0 saturated carbocycles. The number of rotatable bonds is 3. The molecule has 92 valence electrons. The van der Waals surface area contributed by atoms with Gasteiger partial charge in [0.15, 0.2) is 11.6 Å². The van der Waals surface area contributed by atoms with Gasteiger partial charge in [-0.2, -0.15) is 0 Å². The molecule has 0 aliphatic rings. The lowest BCUT2D eigenvalue weighted by molar-refractivity contribution is -0.141. The number of benzene rings is 1. The molecule has 6 heteroatoms. The Labute approximate surface area is 96.5 Å². The van der Waals surface area contributed by atoms with E-state index in [0.29, 0.717) is 0 Å². The molecule has 0 fully saturated rings. The van der Waals surface area contributed by atoms with E-state index in [2.05, 4.69) is 0 Å². The SMILES string of the molecule is CC(C(=O)O)N(C)C(=O)c1cccc(F)c1F. The lowest BCUT2D eigenvalue weighted by Gasteiger charge is -2.21. The summed E-state index contributed by atoms with van der Waals surface area (Å²) < 4.78 is 26.2. The maximum atomic E-state index is 13.3. The van der Waals surface area contributed by atoms with Crippen molar-refractivity contribution in [3.8, 4) is 0 Å². The molecule has 1 N–H and O–H groups in total. The Morgan fingerprint density at radius 2 is 1.94 bits per heavy atom. The topological polar surface area (TPSA) is 57.6 Å². The minimum atomic E-state index is -1.28. The highest BCUT2D eigenvalue weighted by atomic mass is 19.2. The van der Waals surface area contributed by atoms with Crippen LogP contribution < -0.4 is 0 Å². The number of nitrogens with zero attached hydrogens (tertiary/aromatic N) is 1. The van der Waals surface area contributed by atoms with Gasteiger partial charge in [0, 0.05) is 7.05 Å². The van der Waals surface area contributed by atoms with E-state index in [4.69, 9.17) is 5.11 Å². The average molecular weight is 243 g/mol. The van der Waals surface area contributed by atoms with Crippen LogP contribution in [0, 0.1) is 11.6 Å². The number of likely N-dealkylation sites (N-methyl/N-ethyl adjacent to an activating group) is 1. The van der Waals surface area contributed by atoms with Crippen LogP contribution in [-0.4, -0.2) is 35.0 Å². The van der Waals surface area contributed by atoms with Gasteiger partial charge in [-0.1, -0.05) is 6.07 Å². The quantitative estimate of drug-likeness (QED) is 0.875. The first-order valence-electron chi connectivity index (χ1n) is 4.80. The van der Waals surface area contributed by atoms with E-state index < -0.39 is 35.1 Å². The number of carbonyl (C=O) groups is 2. The molecule has 1 unspecified atom stereocenters. The molecular weight excluding hydrogens is 232 g/mol. The van der Waals surface area contributed by atoms with Crippen molar-refractivity contribution in [2.24, 2.45) is 0 Å². The maximum Gasteiger partial charge on any atom is 0.326 e. The fourth-order valence-corrected chi connectivity index (χ4v) is 1.20. The molecule has 4 nitrogen and oxygen atoms in total. The summed E-state index contributed by atoms with van der Waals surface area (Å²) >= 11 is 0. The van der Waals surface area contributed by atoms with Crippen LogP contribution in [0.1, 0.15) is 17.3 Å². The van der Waals surface area contributed by atoms with Crippen LogP contribution in [-0.2, 0) is 4.79 Å². The standard InChI is InChI=1S/C11H11F2NO3/c1-6(11(16)17)14(2)10(15)7-4-3-5-8(12)9(7)13/h3-6H,1-2H3,(H,16,17). The predicted molar refractivity (Wildman–Crippen MR) is 55.5 cm³/mol. The van der Waals surface area contributed by atoms with Crippen molar-refractivity contribution in [2.75, 3.05) is 7.05 Å². The average Bonchev–Trinajstić information content (AvgIpc) is 2.29. The first-order valence-corrected chi connectivity index (χ1v) is 4.80. The maximum absolute atomic E-state index is 13.3. The lowest BCUT2D eigenvalue weighted by Crippen LogP contribution is -2.40. The number of halogens is 2. The molecule has 1 aromatic carbocycles. The summed E-state index contributed by atoms with van der Waals surface area (Å²) in [7, 11) is 1.21. The molecule has 0 aliphatic heterocycles. The monoisotopic (exact) mass is 243 g/mol. The van der Waals surface area contributed by atoms with Crippen LogP contribution in [0.15, 0.2) is 18.2 Å². The third-order valence-corrected chi connectivity index (χ3v) is 2.44. The third-order valence-electron chi connectivity index (χ3n) is 2.44.